The van der Waals surface area contributed by atoms with Crippen LogP contribution in [0.5, 0.6) is 0 Å². The molecule has 0 unspecified atom stereocenters. The molecule has 2 aliphatic heterocycles. The van der Waals surface area contributed by atoms with E-state index in [-0.39, 0.29) is 12.3 Å². The minimum atomic E-state index is -0.730. The first-order valence-corrected chi connectivity index (χ1v) is 7.57. The molecule has 0 aromatic heterocycles. The molecule has 22 heavy (non-hydrogen) atoms. The van der Waals surface area contributed by atoms with E-state index >= 15 is 0 Å². The fraction of sp³-hybridized carbons (Fsp3) is 0.438. The monoisotopic (exact) mass is 301 g/mol. The Morgan fingerprint density at radius 1 is 1.14 bits per heavy atom. The Morgan fingerprint density at radius 3 is 2.41 bits per heavy atom. The highest BCUT2D eigenvalue weighted by atomic mass is 16.2. The van der Waals surface area contributed by atoms with Gasteiger partial charge in [-0.05, 0) is 24.3 Å². The number of benzene rings is 1. The molecule has 0 bridgehead atoms. The van der Waals surface area contributed by atoms with E-state index in [1.807, 2.05) is 18.2 Å². The lowest BCUT2D eigenvalue weighted by Gasteiger charge is -2.32. The van der Waals surface area contributed by atoms with E-state index < -0.39 is 18.0 Å². The predicted molar refractivity (Wildman–Crippen MR) is 80.1 cm³/mol. The molecule has 0 saturated carbocycles. The molecule has 0 radical (unpaired) electrons. The summed E-state index contributed by atoms with van der Waals surface area (Å²) in [6, 6.07) is 9.07. The third-order valence-electron chi connectivity index (χ3n) is 4.36. The number of carbonyl (C=O) groups is 3. The van der Waals surface area contributed by atoms with E-state index in [4.69, 9.17) is 0 Å². The first-order chi connectivity index (χ1) is 10.6. The number of hydrogen-bond acceptors (Lipinski definition) is 3. The fourth-order valence-corrected chi connectivity index (χ4v) is 3.09. The van der Waals surface area contributed by atoms with Gasteiger partial charge in [0.1, 0.15) is 6.04 Å². The Morgan fingerprint density at radius 2 is 1.82 bits per heavy atom. The summed E-state index contributed by atoms with van der Waals surface area (Å²) in [7, 11) is 0. The molecular formula is C16H19N3O3. The summed E-state index contributed by atoms with van der Waals surface area (Å²) in [4.78, 5) is 36.6. The normalized spacial score (nSPS) is 22.4. The van der Waals surface area contributed by atoms with E-state index in [1.54, 1.807) is 4.90 Å². The number of piperidine rings is 1. The lowest BCUT2D eigenvalue weighted by atomic mass is 9.89. The highest BCUT2D eigenvalue weighted by Crippen LogP contribution is 2.28. The van der Waals surface area contributed by atoms with E-state index in [1.165, 1.54) is 5.56 Å². The van der Waals surface area contributed by atoms with Crippen molar-refractivity contribution in [3.05, 3.63) is 35.9 Å². The van der Waals surface area contributed by atoms with Gasteiger partial charge in [0.05, 0.1) is 6.42 Å². The van der Waals surface area contributed by atoms with Crippen molar-refractivity contribution in [2.24, 2.45) is 0 Å². The average molecular weight is 301 g/mol. The number of nitrogens with one attached hydrogen (secondary N) is 2. The van der Waals surface area contributed by atoms with Gasteiger partial charge in [-0.2, -0.15) is 0 Å². The highest BCUT2D eigenvalue weighted by Gasteiger charge is 2.33. The van der Waals surface area contributed by atoms with Crippen LogP contribution in [0.3, 0.4) is 0 Å². The van der Waals surface area contributed by atoms with Gasteiger partial charge in [0, 0.05) is 13.1 Å². The summed E-state index contributed by atoms with van der Waals surface area (Å²) in [5, 5.41) is 4.61. The molecule has 2 fully saturated rings. The molecule has 2 saturated heterocycles. The SMILES string of the molecule is O=C1NC(=O)[C@@H](CC(=O)N2CCC(c3ccccc3)CC2)N1. The topological polar surface area (TPSA) is 78.5 Å². The number of nitrogens with zero attached hydrogens (tertiary/aromatic N) is 1. The molecule has 3 rings (SSSR count). The van der Waals surface area contributed by atoms with Crippen LogP contribution in [-0.4, -0.2) is 41.9 Å². The van der Waals surface area contributed by atoms with Crippen molar-refractivity contribution in [3.63, 3.8) is 0 Å². The van der Waals surface area contributed by atoms with Gasteiger partial charge >= 0.3 is 6.03 Å². The molecular weight excluding hydrogens is 282 g/mol. The van der Waals surface area contributed by atoms with E-state index in [0.29, 0.717) is 19.0 Å². The van der Waals surface area contributed by atoms with Crippen molar-refractivity contribution in [3.8, 4) is 0 Å². The Kier molecular flexibility index (Phi) is 4.09. The molecule has 6 nitrogen and oxygen atoms in total. The minimum absolute atomic E-state index is 0.0353. The zero-order valence-electron chi connectivity index (χ0n) is 12.2. The Hall–Kier alpha value is -2.37. The quantitative estimate of drug-likeness (QED) is 0.817. The van der Waals surface area contributed by atoms with Crippen molar-refractivity contribution in [2.45, 2.75) is 31.2 Å². The standard InChI is InChI=1S/C16H19N3O3/c20-14(10-13-15(21)18-16(22)17-13)19-8-6-12(7-9-19)11-4-2-1-3-5-11/h1-5,12-13H,6-10H2,(H2,17,18,21,22)/t13-/m1/s1. The van der Waals surface area contributed by atoms with Crippen LogP contribution in [0.1, 0.15) is 30.7 Å². The van der Waals surface area contributed by atoms with Gasteiger partial charge in [0.2, 0.25) is 5.91 Å². The van der Waals surface area contributed by atoms with Gasteiger partial charge < -0.3 is 10.2 Å². The van der Waals surface area contributed by atoms with Gasteiger partial charge in [0.25, 0.3) is 5.91 Å². The van der Waals surface area contributed by atoms with Crippen LogP contribution >= 0.6 is 0 Å². The number of rotatable bonds is 3. The largest absolute Gasteiger partial charge is 0.343 e. The number of urea groups is 1. The summed E-state index contributed by atoms with van der Waals surface area (Å²) < 4.78 is 0. The lowest BCUT2D eigenvalue weighted by molar-refractivity contribution is -0.134. The molecule has 116 valence electrons. The zero-order chi connectivity index (χ0) is 15.5. The van der Waals surface area contributed by atoms with Gasteiger partial charge in [-0.1, -0.05) is 30.3 Å². The summed E-state index contributed by atoms with van der Waals surface area (Å²) in [5.74, 6) is -0.00823. The van der Waals surface area contributed by atoms with Crippen LogP contribution in [0.15, 0.2) is 30.3 Å². The maximum Gasteiger partial charge on any atom is 0.322 e. The van der Waals surface area contributed by atoms with Crippen molar-refractivity contribution < 1.29 is 14.4 Å². The number of carbonyl (C=O) groups excluding carboxylic acids is 3. The smallest absolute Gasteiger partial charge is 0.322 e. The molecule has 2 heterocycles. The molecule has 1 aromatic carbocycles. The third kappa shape index (κ3) is 3.10. The third-order valence-corrected chi connectivity index (χ3v) is 4.36. The summed E-state index contributed by atoms with van der Waals surface area (Å²) in [5.41, 5.74) is 1.32. The van der Waals surface area contributed by atoms with Crippen LogP contribution in [-0.2, 0) is 9.59 Å². The molecule has 0 aliphatic carbocycles. The summed E-state index contributed by atoms with van der Waals surface area (Å²) in [6.07, 6.45) is 1.89. The van der Waals surface area contributed by atoms with Gasteiger partial charge in [-0.3, -0.25) is 14.9 Å². The van der Waals surface area contributed by atoms with E-state index in [0.717, 1.165) is 12.8 Å². The van der Waals surface area contributed by atoms with Crippen molar-refractivity contribution in [1.29, 1.82) is 0 Å². The van der Waals surface area contributed by atoms with Gasteiger partial charge in [-0.15, -0.1) is 0 Å². The fourth-order valence-electron chi connectivity index (χ4n) is 3.09. The first kappa shape index (κ1) is 14.6. The van der Waals surface area contributed by atoms with E-state index in [2.05, 4.69) is 22.8 Å². The second-order valence-electron chi connectivity index (χ2n) is 5.79. The first-order valence-electron chi connectivity index (χ1n) is 7.57. The molecule has 2 N–H and O–H groups in total. The Bertz CT molecular complexity index is 580. The predicted octanol–water partition coefficient (Wildman–Crippen LogP) is 0.991. The van der Waals surface area contributed by atoms with Crippen molar-refractivity contribution >= 4 is 17.8 Å². The number of imide groups is 1. The van der Waals surface area contributed by atoms with Gasteiger partial charge in [0.15, 0.2) is 0 Å². The molecule has 2 aliphatic rings. The average Bonchev–Trinajstić information content (AvgIpc) is 2.86. The lowest BCUT2D eigenvalue weighted by Crippen LogP contribution is -2.42. The molecule has 1 atom stereocenters. The number of likely N-dealkylation sites (tertiary alicyclic amines) is 1. The van der Waals surface area contributed by atoms with Gasteiger partial charge in [-0.25, -0.2) is 4.79 Å². The van der Waals surface area contributed by atoms with Crippen LogP contribution in [0.4, 0.5) is 4.79 Å². The summed E-state index contributed by atoms with van der Waals surface area (Å²) in [6.45, 7) is 1.39. The summed E-state index contributed by atoms with van der Waals surface area (Å²) >= 11 is 0. The zero-order valence-corrected chi connectivity index (χ0v) is 12.2. The molecule has 6 heteroatoms. The maximum absolute atomic E-state index is 12.2. The second kappa shape index (κ2) is 6.17. The number of amides is 4. The minimum Gasteiger partial charge on any atom is -0.343 e. The van der Waals surface area contributed by atoms with Crippen LogP contribution in [0.2, 0.25) is 0 Å². The van der Waals surface area contributed by atoms with Crippen LogP contribution in [0.25, 0.3) is 0 Å². The van der Waals surface area contributed by atoms with Crippen LogP contribution in [0, 0.1) is 0 Å². The molecule has 0 spiro atoms. The highest BCUT2D eigenvalue weighted by molar-refractivity contribution is 6.05. The second-order valence-corrected chi connectivity index (χ2v) is 5.79. The number of hydrogen-bond donors (Lipinski definition) is 2. The molecule has 1 aromatic rings. The van der Waals surface area contributed by atoms with Crippen molar-refractivity contribution in [1.82, 2.24) is 15.5 Å². The van der Waals surface area contributed by atoms with Crippen LogP contribution < -0.4 is 10.6 Å². The Labute approximate surface area is 128 Å². The maximum atomic E-state index is 12.2. The Balaban J connectivity index is 1.52. The van der Waals surface area contributed by atoms with Crippen molar-refractivity contribution in [2.75, 3.05) is 13.1 Å². The molecule has 4 amide bonds. The van der Waals surface area contributed by atoms with E-state index in [9.17, 15) is 14.4 Å².